The predicted octanol–water partition coefficient (Wildman–Crippen LogP) is 0.451. The Hall–Kier alpha value is -1.37. The number of halogens is 3. The van der Waals surface area contributed by atoms with Gasteiger partial charge in [-0.1, -0.05) is 0 Å². The van der Waals surface area contributed by atoms with Crippen LogP contribution in [-0.4, -0.2) is 29.6 Å². The number of aryl methyl sites for hydroxylation is 1. The van der Waals surface area contributed by atoms with Gasteiger partial charge in [0.05, 0.1) is 10.6 Å². The van der Waals surface area contributed by atoms with Crippen molar-refractivity contribution in [1.29, 1.82) is 0 Å². The summed E-state index contributed by atoms with van der Waals surface area (Å²) in [5.41, 5.74) is 0.107. The monoisotopic (exact) mass is 347 g/mol. The Kier molecular flexibility index (Phi) is 4.87. The number of rotatable bonds is 5. The third-order valence-corrected chi connectivity index (χ3v) is 4.16. The molecule has 1 aromatic carbocycles. The molecule has 0 unspecified atom stereocenters. The molecule has 12 heteroatoms. The topological polar surface area (TPSA) is 118 Å². The van der Waals surface area contributed by atoms with Crippen LogP contribution in [-0.2, 0) is 20.2 Å². The van der Waals surface area contributed by atoms with Crippen LogP contribution in [0.1, 0.15) is 5.56 Å². The summed E-state index contributed by atoms with van der Waals surface area (Å²) in [5, 5.41) is 4.89. The van der Waals surface area contributed by atoms with E-state index in [1.165, 1.54) is 11.6 Å². The molecule has 0 aliphatic rings. The first kappa shape index (κ1) is 17.7. The highest BCUT2D eigenvalue weighted by molar-refractivity contribution is 7.90. The van der Waals surface area contributed by atoms with Crippen LogP contribution >= 0.6 is 0 Å². The molecule has 0 amide bonds. The number of nitrogens with one attached hydrogen (secondary N) is 2. The second kappa shape index (κ2) is 5.79. The Morgan fingerprint density at radius 3 is 2.19 bits per heavy atom. The average Bonchev–Trinajstić information content (AvgIpc) is 2.27. The highest BCUT2D eigenvalue weighted by Gasteiger charge is 2.29. The Bertz CT molecular complexity index is 729. The molecule has 0 radical (unpaired) electrons. The van der Waals surface area contributed by atoms with Crippen LogP contribution in [0.15, 0.2) is 23.1 Å². The maximum absolute atomic E-state index is 12.0. The van der Waals surface area contributed by atoms with E-state index in [9.17, 15) is 30.0 Å². The number of nitrogens with two attached hydrogens (primary N) is 1. The summed E-state index contributed by atoms with van der Waals surface area (Å²) >= 11 is 0. The SMILES string of the molecule is Cc1cc(S(N)(=O)=O)ccc1NS(=O)(=O)NCC(F)(F)F. The minimum atomic E-state index is -4.69. The molecular formula is C9H12F3N3O4S2. The number of sulfonamides is 1. The fraction of sp³-hybridized carbons (Fsp3) is 0.333. The van der Waals surface area contributed by atoms with Crippen molar-refractivity contribution in [1.82, 2.24) is 4.72 Å². The Labute approximate surface area is 119 Å². The number of hydrogen-bond acceptors (Lipinski definition) is 4. The largest absolute Gasteiger partial charge is 0.402 e. The third-order valence-electron chi connectivity index (χ3n) is 2.23. The van der Waals surface area contributed by atoms with Crippen LogP contribution in [0.2, 0.25) is 0 Å². The standard InChI is InChI=1S/C9H12F3N3O4S2/c1-6-4-7(20(13,16)17)2-3-8(6)15-21(18,19)14-5-9(10,11)12/h2-4,14-15H,5H2,1H3,(H2,13,16,17). The molecule has 0 heterocycles. The van der Waals surface area contributed by atoms with Crippen LogP contribution < -0.4 is 14.6 Å². The smallest absolute Gasteiger partial charge is 0.271 e. The highest BCUT2D eigenvalue weighted by Crippen LogP contribution is 2.20. The van der Waals surface area contributed by atoms with E-state index in [-0.39, 0.29) is 16.1 Å². The lowest BCUT2D eigenvalue weighted by molar-refractivity contribution is -0.121. The average molecular weight is 347 g/mol. The zero-order valence-electron chi connectivity index (χ0n) is 10.6. The van der Waals surface area contributed by atoms with Crippen LogP contribution in [0.3, 0.4) is 0 Å². The lowest BCUT2D eigenvalue weighted by Gasteiger charge is -2.13. The van der Waals surface area contributed by atoms with Gasteiger partial charge in [0.2, 0.25) is 10.0 Å². The van der Waals surface area contributed by atoms with Crippen molar-refractivity contribution in [2.45, 2.75) is 18.0 Å². The number of hydrogen-bond donors (Lipinski definition) is 3. The molecule has 0 spiro atoms. The molecule has 1 rings (SSSR count). The van der Waals surface area contributed by atoms with Crippen molar-refractivity contribution in [2.24, 2.45) is 5.14 Å². The first-order valence-electron chi connectivity index (χ1n) is 5.28. The fourth-order valence-electron chi connectivity index (χ4n) is 1.29. The summed E-state index contributed by atoms with van der Waals surface area (Å²) in [7, 11) is -8.40. The highest BCUT2D eigenvalue weighted by atomic mass is 32.2. The number of anilines is 1. The summed E-state index contributed by atoms with van der Waals surface area (Å²) in [6.07, 6.45) is -4.69. The van der Waals surface area contributed by atoms with Gasteiger partial charge in [0.1, 0.15) is 6.54 Å². The first-order valence-corrected chi connectivity index (χ1v) is 8.31. The summed E-state index contributed by atoms with van der Waals surface area (Å²) in [6, 6.07) is 3.21. The molecule has 0 bridgehead atoms. The minimum absolute atomic E-state index is 0.0722. The normalized spacial score (nSPS) is 13.2. The minimum Gasteiger partial charge on any atom is -0.271 e. The molecule has 0 saturated heterocycles. The molecule has 4 N–H and O–H groups in total. The van der Waals surface area contributed by atoms with Crippen molar-refractivity contribution in [2.75, 3.05) is 11.3 Å². The van der Waals surface area contributed by atoms with Gasteiger partial charge < -0.3 is 0 Å². The summed E-state index contributed by atoms with van der Waals surface area (Å²) < 4.78 is 84.1. The van der Waals surface area contributed by atoms with Gasteiger partial charge in [-0.3, -0.25) is 4.72 Å². The van der Waals surface area contributed by atoms with E-state index < -0.39 is 33.0 Å². The first-order chi connectivity index (χ1) is 9.30. The van der Waals surface area contributed by atoms with Gasteiger partial charge in [-0.15, -0.1) is 0 Å². The van der Waals surface area contributed by atoms with E-state index in [1.54, 1.807) is 0 Å². The van der Waals surface area contributed by atoms with Crippen LogP contribution in [0.4, 0.5) is 18.9 Å². The van der Waals surface area contributed by atoms with E-state index in [1.807, 2.05) is 4.72 Å². The Morgan fingerprint density at radius 1 is 1.19 bits per heavy atom. The van der Waals surface area contributed by atoms with Crippen molar-refractivity contribution < 1.29 is 30.0 Å². The number of alkyl halides is 3. The third kappa shape index (κ3) is 5.87. The van der Waals surface area contributed by atoms with E-state index in [0.717, 1.165) is 18.2 Å². The summed E-state index contributed by atoms with van der Waals surface area (Å²) in [5.74, 6) is 0. The Morgan fingerprint density at radius 2 is 1.76 bits per heavy atom. The number of primary sulfonamides is 1. The zero-order chi connectivity index (χ0) is 16.5. The molecule has 0 aliphatic heterocycles. The van der Waals surface area contributed by atoms with Gasteiger partial charge in [0.15, 0.2) is 0 Å². The van der Waals surface area contributed by atoms with E-state index in [2.05, 4.69) is 0 Å². The summed E-state index contributed by atoms with van der Waals surface area (Å²) in [6.45, 7) is -0.354. The molecule has 21 heavy (non-hydrogen) atoms. The molecular weight excluding hydrogens is 335 g/mol. The summed E-state index contributed by atoms with van der Waals surface area (Å²) in [4.78, 5) is -0.244. The lowest BCUT2D eigenvalue weighted by Crippen LogP contribution is -2.37. The quantitative estimate of drug-likeness (QED) is 0.716. The van der Waals surface area contributed by atoms with Crippen LogP contribution in [0.5, 0.6) is 0 Å². The molecule has 0 aliphatic carbocycles. The number of benzene rings is 1. The predicted molar refractivity (Wildman–Crippen MR) is 69.2 cm³/mol. The second-order valence-corrected chi connectivity index (χ2v) is 7.12. The second-order valence-electron chi connectivity index (χ2n) is 4.06. The van der Waals surface area contributed by atoms with Crippen molar-refractivity contribution in [3.05, 3.63) is 23.8 Å². The van der Waals surface area contributed by atoms with Gasteiger partial charge in [0.25, 0.3) is 10.2 Å². The van der Waals surface area contributed by atoms with Gasteiger partial charge >= 0.3 is 6.18 Å². The molecule has 0 aromatic heterocycles. The molecule has 0 fully saturated rings. The van der Waals surface area contributed by atoms with E-state index in [4.69, 9.17) is 5.14 Å². The van der Waals surface area contributed by atoms with Gasteiger partial charge in [0, 0.05) is 0 Å². The van der Waals surface area contributed by atoms with Crippen LogP contribution in [0.25, 0.3) is 0 Å². The maximum atomic E-state index is 12.0. The zero-order valence-corrected chi connectivity index (χ0v) is 12.2. The van der Waals surface area contributed by atoms with Gasteiger partial charge in [-0.2, -0.15) is 26.3 Å². The fourth-order valence-corrected chi connectivity index (χ4v) is 2.83. The van der Waals surface area contributed by atoms with E-state index in [0.29, 0.717) is 0 Å². The van der Waals surface area contributed by atoms with Gasteiger partial charge in [-0.25, -0.2) is 13.6 Å². The van der Waals surface area contributed by atoms with Crippen molar-refractivity contribution in [3.8, 4) is 0 Å². The molecule has 0 atom stereocenters. The van der Waals surface area contributed by atoms with Crippen molar-refractivity contribution >= 4 is 25.9 Å². The van der Waals surface area contributed by atoms with Crippen LogP contribution in [0, 0.1) is 6.92 Å². The van der Waals surface area contributed by atoms with E-state index >= 15 is 0 Å². The molecule has 1 aromatic rings. The van der Waals surface area contributed by atoms with Gasteiger partial charge in [-0.05, 0) is 30.7 Å². The van der Waals surface area contributed by atoms with Crippen molar-refractivity contribution in [3.63, 3.8) is 0 Å². The maximum Gasteiger partial charge on any atom is 0.402 e. The lowest BCUT2D eigenvalue weighted by atomic mass is 10.2. The molecule has 120 valence electrons. The molecule has 7 nitrogen and oxygen atoms in total. The molecule has 0 saturated carbocycles. The Balaban J connectivity index is 2.94.